The van der Waals surface area contributed by atoms with E-state index in [0.29, 0.717) is 17.8 Å². The van der Waals surface area contributed by atoms with E-state index in [1.54, 1.807) is 0 Å². The molecule has 2 rings (SSSR count). The van der Waals surface area contributed by atoms with Gasteiger partial charge in [-0.1, -0.05) is 126 Å². The van der Waals surface area contributed by atoms with Crippen molar-refractivity contribution < 1.29 is 19.5 Å². The normalized spacial score (nSPS) is 19.5. The average Bonchev–Trinajstić information content (AvgIpc) is 2.63. The Kier molecular flexibility index (Phi) is 13.1. The van der Waals surface area contributed by atoms with Crippen molar-refractivity contribution in [2.75, 3.05) is 0 Å². The summed E-state index contributed by atoms with van der Waals surface area (Å²) >= 11 is 0. The molecule has 0 spiro atoms. The molecule has 0 bridgehead atoms. The van der Waals surface area contributed by atoms with Crippen LogP contribution in [0.4, 0.5) is 0 Å². The molecule has 0 saturated heterocycles. The van der Waals surface area contributed by atoms with Gasteiger partial charge in [-0.05, 0) is 76.4 Å². The maximum Gasteiger partial charge on any atom is 0 e. The van der Waals surface area contributed by atoms with E-state index in [1.165, 1.54) is 42.4 Å². The van der Waals surface area contributed by atoms with Gasteiger partial charge >= 0.3 is 0 Å². The average molecular weight is 540 g/mol. The van der Waals surface area contributed by atoms with Crippen LogP contribution in [0.5, 0.6) is 0 Å². The Morgan fingerprint density at radius 3 is 0.788 bits per heavy atom. The van der Waals surface area contributed by atoms with Crippen LogP contribution in [0.25, 0.3) is 0 Å². The van der Waals surface area contributed by atoms with Crippen molar-refractivity contribution in [1.29, 1.82) is 0 Å². The molecule has 0 saturated carbocycles. The van der Waals surface area contributed by atoms with Gasteiger partial charge in [-0.2, -0.15) is 0 Å². The molecule has 0 nitrogen and oxygen atoms in total. The van der Waals surface area contributed by atoms with Crippen molar-refractivity contribution in [2.24, 2.45) is 16.2 Å². The Bertz CT molecular complexity index is 627. The third kappa shape index (κ3) is 11.1. The molecule has 1 heteroatoms. The quantitative estimate of drug-likeness (QED) is 0.265. The molecule has 33 heavy (non-hydrogen) atoms. The maximum atomic E-state index is 2.48. The molecule has 0 fully saturated rings. The monoisotopic (exact) mass is 540 g/mol. The van der Waals surface area contributed by atoms with Gasteiger partial charge in [0.2, 0.25) is 0 Å². The first-order chi connectivity index (χ1) is 14.5. The molecule has 1 aliphatic carbocycles. The van der Waals surface area contributed by atoms with Gasteiger partial charge < -0.3 is 0 Å². The third-order valence-electron chi connectivity index (χ3n) is 7.73. The summed E-state index contributed by atoms with van der Waals surface area (Å²) in [6, 6.07) is 7.43. The molecular weight excluding hydrogens is 485 g/mol. The minimum Gasteiger partial charge on any atom is -0.0882 e. The van der Waals surface area contributed by atoms with Crippen LogP contribution in [-0.4, -0.2) is 0 Å². The minimum absolute atomic E-state index is 0. The standard InChI is InChI=1S/C24H42.C8H12.Ru/c1-16(22(4,5)6)19-13-20(17(2)23(7,8)9)15-21(14-19)18(3)24(10,11)12;1-2-4-6-8-7-5-3-1;/h13-18H,1-12H3;1-2,7-8H,3-6H2;/b;2-1-,8-7-;/t16-,17-,18-;;/m1../s1. The molecule has 0 amide bonds. The van der Waals surface area contributed by atoms with E-state index in [2.05, 4.69) is 126 Å². The van der Waals surface area contributed by atoms with E-state index in [4.69, 9.17) is 0 Å². The number of hydrogen-bond acceptors (Lipinski definition) is 0. The molecule has 3 atom stereocenters. The van der Waals surface area contributed by atoms with E-state index >= 15 is 0 Å². The SMILES string of the molecule is C1=C\CC/C=C\CC/1.C[C@H](c1cc([C@@H](C)C(C)(C)C)cc([C@@H](C)C(C)(C)C)c1)C(C)(C)C.[Ru]. The summed E-state index contributed by atoms with van der Waals surface area (Å²) in [6.45, 7) is 28.3. The zero-order valence-corrected chi connectivity index (χ0v) is 25.7. The molecule has 1 aliphatic rings. The van der Waals surface area contributed by atoms with E-state index in [0.717, 1.165) is 0 Å². The Morgan fingerprint density at radius 2 is 0.636 bits per heavy atom. The van der Waals surface area contributed by atoms with Gasteiger partial charge in [0, 0.05) is 19.5 Å². The van der Waals surface area contributed by atoms with E-state index in [1.807, 2.05) is 0 Å². The predicted octanol–water partition coefficient (Wildman–Crippen LogP) is 10.8. The summed E-state index contributed by atoms with van der Waals surface area (Å²) in [4.78, 5) is 0. The zero-order chi connectivity index (χ0) is 24.7. The van der Waals surface area contributed by atoms with Crippen molar-refractivity contribution in [2.45, 2.75) is 127 Å². The topological polar surface area (TPSA) is 0 Å². The summed E-state index contributed by atoms with van der Waals surface area (Å²) in [6.07, 6.45) is 14.0. The van der Waals surface area contributed by atoms with Crippen molar-refractivity contribution >= 4 is 0 Å². The first-order valence-electron chi connectivity index (χ1n) is 13.0. The van der Waals surface area contributed by atoms with Gasteiger partial charge in [0.15, 0.2) is 0 Å². The Morgan fingerprint density at radius 1 is 0.455 bits per heavy atom. The first kappa shape index (κ1) is 32.3. The number of rotatable bonds is 3. The summed E-state index contributed by atoms with van der Waals surface area (Å²) in [5.41, 5.74) is 5.36. The summed E-state index contributed by atoms with van der Waals surface area (Å²) < 4.78 is 0. The van der Waals surface area contributed by atoms with Crippen LogP contribution in [-0.2, 0) is 19.5 Å². The molecule has 0 radical (unpaired) electrons. The van der Waals surface area contributed by atoms with E-state index < -0.39 is 0 Å². The summed E-state index contributed by atoms with van der Waals surface area (Å²) in [5.74, 6) is 1.65. The van der Waals surface area contributed by atoms with Crippen molar-refractivity contribution in [1.82, 2.24) is 0 Å². The fraction of sp³-hybridized carbons (Fsp3) is 0.688. The summed E-state index contributed by atoms with van der Waals surface area (Å²) in [7, 11) is 0. The molecule has 190 valence electrons. The second-order valence-electron chi connectivity index (χ2n) is 13.3. The second-order valence-corrected chi connectivity index (χ2v) is 13.3. The van der Waals surface area contributed by atoms with Crippen LogP contribution in [0.15, 0.2) is 42.5 Å². The van der Waals surface area contributed by atoms with Crippen LogP contribution < -0.4 is 0 Å². The van der Waals surface area contributed by atoms with Crippen LogP contribution in [0.1, 0.15) is 143 Å². The number of benzene rings is 1. The predicted molar refractivity (Wildman–Crippen MR) is 147 cm³/mol. The minimum atomic E-state index is 0. The third-order valence-corrected chi connectivity index (χ3v) is 7.73. The fourth-order valence-corrected chi connectivity index (χ4v) is 3.81. The van der Waals surface area contributed by atoms with Crippen LogP contribution in [0.2, 0.25) is 0 Å². The van der Waals surface area contributed by atoms with Gasteiger partial charge in [-0.15, -0.1) is 0 Å². The van der Waals surface area contributed by atoms with Crippen LogP contribution in [0, 0.1) is 16.2 Å². The fourth-order valence-electron chi connectivity index (χ4n) is 3.81. The van der Waals surface area contributed by atoms with Gasteiger partial charge in [-0.25, -0.2) is 0 Å². The van der Waals surface area contributed by atoms with Gasteiger partial charge in [0.25, 0.3) is 0 Å². The van der Waals surface area contributed by atoms with Gasteiger partial charge in [0.1, 0.15) is 0 Å². The van der Waals surface area contributed by atoms with E-state index in [9.17, 15) is 0 Å². The zero-order valence-electron chi connectivity index (χ0n) is 24.0. The molecule has 0 N–H and O–H groups in total. The van der Waals surface area contributed by atoms with Gasteiger partial charge in [-0.3, -0.25) is 0 Å². The summed E-state index contributed by atoms with van der Waals surface area (Å²) in [5, 5.41) is 0. The molecule has 0 unspecified atom stereocenters. The van der Waals surface area contributed by atoms with Crippen molar-refractivity contribution in [3.63, 3.8) is 0 Å². The number of hydrogen-bond donors (Lipinski definition) is 0. The second kappa shape index (κ2) is 13.4. The maximum absolute atomic E-state index is 2.48. The van der Waals surface area contributed by atoms with Crippen LogP contribution in [0.3, 0.4) is 0 Å². The van der Waals surface area contributed by atoms with Crippen molar-refractivity contribution in [3.8, 4) is 0 Å². The largest absolute Gasteiger partial charge is 0.0882 e. The molecular formula is C32H54Ru. The molecule has 0 aliphatic heterocycles. The molecule has 0 aromatic heterocycles. The first-order valence-corrected chi connectivity index (χ1v) is 13.0. The smallest absolute Gasteiger partial charge is 0 e. The van der Waals surface area contributed by atoms with Gasteiger partial charge in [0.05, 0.1) is 0 Å². The van der Waals surface area contributed by atoms with Crippen LogP contribution >= 0.6 is 0 Å². The Balaban J connectivity index is 0.000000956. The molecule has 0 heterocycles. The van der Waals surface area contributed by atoms with Crippen molar-refractivity contribution in [3.05, 3.63) is 59.2 Å². The molecule has 1 aromatic rings. The Labute approximate surface area is 220 Å². The number of allylic oxidation sites excluding steroid dienone is 4. The Hall–Kier alpha value is -0.677. The molecule has 1 aromatic carbocycles. The van der Waals surface area contributed by atoms with E-state index in [-0.39, 0.29) is 35.7 Å².